The predicted octanol–water partition coefficient (Wildman–Crippen LogP) is 5.95. The third-order valence-corrected chi connectivity index (χ3v) is 5.45. The number of anilines is 1. The van der Waals surface area contributed by atoms with Crippen LogP contribution >= 0.6 is 11.8 Å². The van der Waals surface area contributed by atoms with Crippen molar-refractivity contribution in [2.45, 2.75) is 13.5 Å². The molecule has 150 valence electrons. The number of ether oxygens (including phenoxy) is 1. The summed E-state index contributed by atoms with van der Waals surface area (Å²) >= 11 is 0.862. The van der Waals surface area contributed by atoms with E-state index in [2.05, 4.69) is 0 Å². The van der Waals surface area contributed by atoms with E-state index in [0.29, 0.717) is 22.9 Å². The third-order valence-electron chi connectivity index (χ3n) is 4.58. The molecule has 0 unspecified atom stereocenters. The summed E-state index contributed by atoms with van der Waals surface area (Å²) < 4.78 is 18.9. The fourth-order valence-electron chi connectivity index (χ4n) is 2.94. The number of carbonyl (C=O) groups excluding carboxylic acids is 2. The third kappa shape index (κ3) is 4.44. The second-order valence-electron chi connectivity index (χ2n) is 6.84. The molecule has 0 radical (unpaired) electrons. The Morgan fingerprint density at radius 2 is 1.60 bits per heavy atom. The van der Waals surface area contributed by atoms with E-state index in [1.807, 2.05) is 55.5 Å². The number of benzene rings is 3. The maximum Gasteiger partial charge on any atom is 0.298 e. The Balaban J connectivity index is 1.44. The van der Waals surface area contributed by atoms with Crippen molar-refractivity contribution in [3.63, 3.8) is 0 Å². The molecule has 4 nitrogen and oxygen atoms in total. The molecule has 0 spiro atoms. The summed E-state index contributed by atoms with van der Waals surface area (Å²) in [6.07, 6.45) is 1.66. The Bertz CT molecular complexity index is 1110. The first kappa shape index (κ1) is 19.9. The highest BCUT2D eigenvalue weighted by Gasteiger charge is 2.36. The van der Waals surface area contributed by atoms with Gasteiger partial charge in [-0.2, -0.15) is 0 Å². The second kappa shape index (κ2) is 8.55. The van der Waals surface area contributed by atoms with E-state index >= 15 is 0 Å². The van der Waals surface area contributed by atoms with Gasteiger partial charge in [-0.3, -0.25) is 9.59 Å². The maximum absolute atomic E-state index is 13.1. The summed E-state index contributed by atoms with van der Waals surface area (Å²) in [7, 11) is 0. The van der Waals surface area contributed by atoms with Crippen molar-refractivity contribution in [3.8, 4) is 5.75 Å². The average molecular weight is 419 g/mol. The zero-order chi connectivity index (χ0) is 21.1. The summed E-state index contributed by atoms with van der Waals surface area (Å²) in [6.45, 7) is 2.51. The summed E-state index contributed by atoms with van der Waals surface area (Å²) in [6, 6.07) is 20.7. The van der Waals surface area contributed by atoms with Crippen LogP contribution < -0.4 is 9.64 Å². The van der Waals surface area contributed by atoms with E-state index in [9.17, 15) is 14.0 Å². The summed E-state index contributed by atoms with van der Waals surface area (Å²) in [5, 5.41) is -0.407. The quantitative estimate of drug-likeness (QED) is 0.479. The lowest BCUT2D eigenvalue weighted by atomic mass is 10.1. The minimum atomic E-state index is -0.425. The van der Waals surface area contributed by atoms with Crippen LogP contribution in [-0.4, -0.2) is 11.1 Å². The van der Waals surface area contributed by atoms with Crippen LogP contribution in [0.5, 0.6) is 5.75 Å². The molecule has 1 aliphatic rings. The highest BCUT2D eigenvalue weighted by molar-refractivity contribution is 8.19. The summed E-state index contributed by atoms with van der Waals surface area (Å²) in [5.41, 5.74) is 3.41. The molecule has 1 heterocycles. The fourth-order valence-corrected chi connectivity index (χ4v) is 3.78. The smallest absolute Gasteiger partial charge is 0.298 e. The monoisotopic (exact) mass is 419 g/mol. The number of thioether (sulfide) groups is 1. The largest absolute Gasteiger partial charge is 0.489 e. The standard InChI is InChI=1S/C24H18FNO3S/c1-16-2-4-18(5-3-16)15-29-21-12-6-17(7-13-21)14-22-23(27)26(24(28)30-22)20-10-8-19(25)9-11-20/h2-14H,15H2,1H3/b22-14-. The summed E-state index contributed by atoms with van der Waals surface area (Å²) in [4.78, 5) is 26.3. The van der Waals surface area contributed by atoms with Crippen LogP contribution in [0.2, 0.25) is 0 Å². The zero-order valence-corrected chi connectivity index (χ0v) is 17.0. The molecule has 3 aromatic carbocycles. The minimum Gasteiger partial charge on any atom is -0.489 e. The van der Waals surface area contributed by atoms with E-state index in [1.165, 1.54) is 29.8 Å². The SMILES string of the molecule is Cc1ccc(COc2ccc(/C=C3\SC(=O)N(c4ccc(F)cc4)C3=O)cc2)cc1. The number of amides is 2. The first-order chi connectivity index (χ1) is 14.5. The second-order valence-corrected chi connectivity index (χ2v) is 7.83. The molecule has 1 aliphatic heterocycles. The first-order valence-electron chi connectivity index (χ1n) is 9.31. The summed E-state index contributed by atoms with van der Waals surface area (Å²) in [5.74, 6) is -0.130. The molecule has 0 bridgehead atoms. The molecule has 6 heteroatoms. The number of halogens is 1. The van der Waals surface area contributed by atoms with Gasteiger partial charge in [-0.1, -0.05) is 42.0 Å². The highest BCUT2D eigenvalue weighted by atomic mass is 32.2. The molecule has 0 saturated carbocycles. The number of rotatable bonds is 5. The Hall–Kier alpha value is -3.38. The average Bonchev–Trinajstić information content (AvgIpc) is 3.02. The van der Waals surface area contributed by atoms with Gasteiger partial charge in [0.1, 0.15) is 18.2 Å². The lowest BCUT2D eigenvalue weighted by Gasteiger charge is -2.11. The van der Waals surface area contributed by atoms with Crippen molar-refractivity contribution in [1.29, 1.82) is 0 Å². The molecular formula is C24H18FNO3S. The molecule has 3 aromatic rings. The molecule has 0 aromatic heterocycles. The van der Waals surface area contributed by atoms with Crippen LogP contribution in [0.15, 0.2) is 77.7 Å². The van der Waals surface area contributed by atoms with Gasteiger partial charge in [0.2, 0.25) is 0 Å². The number of hydrogen-bond acceptors (Lipinski definition) is 4. The van der Waals surface area contributed by atoms with Gasteiger partial charge in [0.25, 0.3) is 11.1 Å². The Morgan fingerprint density at radius 1 is 0.933 bits per heavy atom. The fraction of sp³-hybridized carbons (Fsp3) is 0.0833. The topological polar surface area (TPSA) is 46.6 Å². The highest BCUT2D eigenvalue weighted by Crippen LogP contribution is 2.35. The van der Waals surface area contributed by atoms with Crippen LogP contribution in [-0.2, 0) is 11.4 Å². The Kier molecular flexibility index (Phi) is 5.68. The van der Waals surface area contributed by atoms with E-state index in [-0.39, 0.29) is 0 Å². The normalized spacial score (nSPS) is 15.1. The van der Waals surface area contributed by atoms with Gasteiger partial charge in [-0.25, -0.2) is 9.29 Å². The van der Waals surface area contributed by atoms with Gasteiger partial charge in [0, 0.05) is 0 Å². The van der Waals surface area contributed by atoms with Crippen molar-refractivity contribution in [2.24, 2.45) is 0 Å². The maximum atomic E-state index is 13.1. The van der Waals surface area contributed by atoms with Crippen molar-refractivity contribution < 1.29 is 18.7 Å². The van der Waals surface area contributed by atoms with Crippen LogP contribution in [0.1, 0.15) is 16.7 Å². The number of imide groups is 1. The van der Waals surface area contributed by atoms with E-state index < -0.39 is 17.0 Å². The lowest BCUT2D eigenvalue weighted by Crippen LogP contribution is -2.27. The van der Waals surface area contributed by atoms with E-state index in [4.69, 9.17) is 4.74 Å². The molecule has 0 aliphatic carbocycles. The van der Waals surface area contributed by atoms with Crippen molar-refractivity contribution in [3.05, 3.63) is 100 Å². The predicted molar refractivity (Wildman–Crippen MR) is 117 cm³/mol. The molecule has 2 amide bonds. The number of nitrogens with zero attached hydrogens (tertiary/aromatic N) is 1. The molecule has 30 heavy (non-hydrogen) atoms. The minimum absolute atomic E-state index is 0.317. The van der Waals surface area contributed by atoms with Crippen molar-refractivity contribution >= 4 is 34.7 Å². The molecule has 1 saturated heterocycles. The molecule has 4 rings (SSSR count). The van der Waals surface area contributed by atoms with Crippen molar-refractivity contribution in [1.82, 2.24) is 0 Å². The van der Waals surface area contributed by atoms with Crippen LogP contribution in [0.25, 0.3) is 6.08 Å². The van der Waals surface area contributed by atoms with Gasteiger partial charge in [-0.05, 0) is 72.3 Å². The first-order valence-corrected chi connectivity index (χ1v) is 10.1. The van der Waals surface area contributed by atoms with Gasteiger partial charge < -0.3 is 4.74 Å². The van der Waals surface area contributed by atoms with E-state index in [0.717, 1.165) is 27.8 Å². The molecule has 1 fully saturated rings. The number of aryl methyl sites for hydroxylation is 1. The Morgan fingerprint density at radius 3 is 2.27 bits per heavy atom. The molecule has 0 atom stereocenters. The number of hydrogen-bond donors (Lipinski definition) is 0. The van der Waals surface area contributed by atoms with Crippen molar-refractivity contribution in [2.75, 3.05) is 4.90 Å². The number of carbonyl (C=O) groups is 2. The van der Waals surface area contributed by atoms with E-state index in [1.54, 1.807) is 6.08 Å². The zero-order valence-electron chi connectivity index (χ0n) is 16.2. The van der Waals surface area contributed by atoms with Crippen LogP contribution in [0.4, 0.5) is 14.9 Å². The van der Waals surface area contributed by atoms with Gasteiger partial charge in [0.15, 0.2) is 0 Å². The van der Waals surface area contributed by atoms with Gasteiger partial charge >= 0.3 is 0 Å². The lowest BCUT2D eigenvalue weighted by molar-refractivity contribution is -0.113. The van der Waals surface area contributed by atoms with Crippen LogP contribution in [0.3, 0.4) is 0 Å². The van der Waals surface area contributed by atoms with Gasteiger partial charge in [0.05, 0.1) is 10.6 Å². The molecule has 0 N–H and O–H groups in total. The van der Waals surface area contributed by atoms with Gasteiger partial charge in [-0.15, -0.1) is 0 Å². The molecular weight excluding hydrogens is 401 g/mol. The Labute approximate surface area is 178 Å². The van der Waals surface area contributed by atoms with Crippen LogP contribution in [0, 0.1) is 12.7 Å².